The van der Waals surface area contributed by atoms with Gasteiger partial charge in [-0.3, -0.25) is 0 Å². The van der Waals surface area contributed by atoms with Crippen LogP contribution in [0, 0.1) is 0 Å². The van der Waals surface area contributed by atoms with Crippen LogP contribution in [0.4, 0.5) is 13.2 Å². The molecule has 2 rings (SSSR count). The van der Waals surface area contributed by atoms with Gasteiger partial charge < -0.3 is 4.74 Å². The molecule has 0 radical (unpaired) electrons. The molecule has 1 aromatic rings. The number of alkyl halides is 3. The minimum atomic E-state index is -4.09. The first-order valence-corrected chi connectivity index (χ1v) is 5.36. The van der Waals surface area contributed by atoms with Crippen LogP contribution in [0.5, 0.6) is 5.75 Å². The Morgan fingerprint density at radius 3 is 2.81 bits per heavy atom. The number of rotatable bonds is 2. The van der Waals surface area contributed by atoms with Crippen molar-refractivity contribution in [3.63, 3.8) is 0 Å². The van der Waals surface area contributed by atoms with E-state index in [2.05, 4.69) is 0 Å². The molecule has 88 valence electrons. The van der Waals surface area contributed by atoms with Gasteiger partial charge in [-0.25, -0.2) is 0 Å². The van der Waals surface area contributed by atoms with E-state index in [0.29, 0.717) is 6.61 Å². The number of benzene rings is 1. The van der Waals surface area contributed by atoms with E-state index < -0.39 is 12.6 Å². The lowest BCUT2D eigenvalue weighted by atomic mass is 9.97. The van der Waals surface area contributed by atoms with Crippen LogP contribution in [0.2, 0.25) is 0 Å². The molecular formula is C12H13F3O. The first kappa shape index (κ1) is 11.3. The highest BCUT2D eigenvalue weighted by molar-refractivity contribution is 5.41. The molecule has 0 spiro atoms. The molecule has 0 bridgehead atoms. The van der Waals surface area contributed by atoms with Gasteiger partial charge in [-0.15, -0.1) is 0 Å². The number of aryl methyl sites for hydroxylation is 1. The molecular weight excluding hydrogens is 217 g/mol. The fourth-order valence-corrected chi connectivity index (χ4v) is 1.97. The van der Waals surface area contributed by atoms with E-state index in [-0.39, 0.29) is 6.42 Å². The van der Waals surface area contributed by atoms with Gasteiger partial charge in [-0.1, -0.05) is 12.1 Å². The van der Waals surface area contributed by atoms with Crippen LogP contribution in [-0.2, 0) is 12.8 Å². The van der Waals surface area contributed by atoms with Gasteiger partial charge in [0, 0.05) is 6.42 Å². The first-order valence-electron chi connectivity index (χ1n) is 5.36. The van der Waals surface area contributed by atoms with Gasteiger partial charge in [0.15, 0.2) is 0 Å². The van der Waals surface area contributed by atoms with Crippen LogP contribution in [-0.4, -0.2) is 12.8 Å². The van der Waals surface area contributed by atoms with Crippen molar-refractivity contribution in [1.29, 1.82) is 0 Å². The number of hydrogen-bond acceptors (Lipinski definition) is 1. The van der Waals surface area contributed by atoms with Gasteiger partial charge in [0.2, 0.25) is 0 Å². The molecule has 0 aromatic heterocycles. The largest absolute Gasteiger partial charge is 0.493 e. The van der Waals surface area contributed by atoms with E-state index in [9.17, 15) is 13.2 Å². The third-order valence-corrected chi connectivity index (χ3v) is 2.74. The van der Waals surface area contributed by atoms with E-state index in [4.69, 9.17) is 4.74 Å². The Kier molecular flexibility index (Phi) is 3.08. The van der Waals surface area contributed by atoms with Crippen molar-refractivity contribution in [2.24, 2.45) is 0 Å². The highest BCUT2D eigenvalue weighted by Gasteiger charge is 2.27. The maximum Gasteiger partial charge on any atom is 0.389 e. The summed E-state index contributed by atoms with van der Waals surface area (Å²) in [5.74, 6) is 0.755. The average molecular weight is 230 g/mol. The van der Waals surface area contributed by atoms with E-state index >= 15 is 0 Å². The Morgan fingerprint density at radius 1 is 1.25 bits per heavy atom. The van der Waals surface area contributed by atoms with Crippen molar-refractivity contribution in [2.75, 3.05) is 6.61 Å². The fraction of sp³-hybridized carbons (Fsp3) is 0.500. The number of halogens is 3. The summed E-state index contributed by atoms with van der Waals surface area (Å²) in [5.41, 5.74) is 1.73. The van der Waals surface area contributed by atoms with Crippen molar-refractivity contribution >= 4 is 0 Å². The Balaban J connectivity index is 2.15. The van der Waals surface area contributed by atoms with Gasteiger partial charge in [-0.05, 0) is 36.5 Å². The average Bonchev–Trinajstić information content (AvgIpc) is 2.25. The van der Waals surface area contributed by atoms with Crippen LogP contribution in [0.3, 0.4) is 0 Å². The maximum absolute atomic E-state index is 12.1. The normalized spacial score (nSPS) is 15.4. The van der Waals surface area contributed by atoms with E-state index in [1.54, 1.807) is 12.1 Å². The maximum atomic E-state index is 12.1. The topological polar surface area (TPSA) is 9.23 Å². The predicted molar refractivity (Wildman–Crippen MR) is 54.6 cm³/mol. The minimum Gasteiger partial charge on any atom is -0.493 e. The van der Waals surface area contributed by atoms with Crippen LogP contribution in [0.1, 0.15) is 24.0 Å². The highest BCUT2D eigenvalue weighted by Crippen LogP contribution is 2.30. The lowest BCUT2D eigenvalue weighted by Gasteiger charge is -2.20. The predicted octanol–water partition coefficient (Wildman–Crippen LogP) is 3.51. The second kappa shape index (κ2) is 4.36. The minimum absolute atomic E-state index is 0.0516. The van der Waals surface area contributed by atoms with Crippen LogP contribution in [0.15, 0.2) is 18.2 Å². The summed E-state index contributed by atoms with van der Waals surface area (Å²) in [7, 11) is 0. The van der Waals surface area contributed by atoms with Crippen molar-refractivity contribution in [1.82, 2.24) is 0 Å². The third-order valence-electron chi connectivity index (χ3n) is 2.74. The summed E-state index contributed by atoms with van der Waals surface area (Å²) in [6.45, 7) is 0.662. The lowest BCUT2D eigenvalue weighted by Crippen LogP contribution is -2.13. The smallest absolute Gasteiger partial charge is 0.389 e. The highest BCUT2D eigenvalue weighted by atomic mass is 19.4. The molecule has 0 atom stereocenters. The molecule has 0 unspecified atom stereocenters. The number of ether oxygens (including phenoxy) is 1. The zero-order valence-corrected chi connectivity index (χ0v) is 8.81. The van der Waals surface area contributed by atoms with Gasteiger partial charge in [0.25, 0.3) is 0 Å². The second-order valence-corrected chi connectivity index (χ2v) is 3.96. The van der Waals surface area contributed by atoms with Crippen molar-refractivity contribution in [3.8, 4) is 5.75 Å². The molecule has 0 fully saturated rings. The van der Waals surface area contributed by atoms with E-state index in [1.165, 1.54) is 0 Å². The van der Waals surface area contributed by atoms with Crippen LogP contribution in [0.25, 0.3) is 0 Å². The molecule has 16 heavy (non-hydrogen) atoms. The Bertz CT molecular complexity index is 371. The van der Waals surface area contributed by atoms with Gasteiger partial charge in [0.1, 0.15) is 5.75 Å². The molecule has 0 saturated carbocycles. The lowest BCUT2D eigenvalue weighted by molar-refractivity contribution is -0.134. The van der Waals surface area contributed by atoms with Crippen molar-refractivity contribution < 1.29 is 17.9 Å². The molecule has 1 aromatic carbocycles. The van der Waals surface area contributed by atoms with Crippen LogP contribution >= 0.6 is 0 Å². The summed E-state index contributed by atoms with van der Waals surface area (Å²) >= 11 is 0. The zero-order valence-electron chi connectivity index (χ0n) is 8.81. The Morgan fingerprint density at radius 2 is 2.06 bits per heavy atom. The molecule has 1 aliphatic heterocycles. The molecule has 0 saturated heterocycles. The van der Waals surface area contributed by atoms with Gasteiger partial charge >= 0.3 is 6.18 Å². The number of fused-ring (bicyclic) bond motifs is 1. The molecule has 0 amide bonds. The van der Waals surface area contributed by atoms with Gasteiger partial charge in [0.05, 0.1) is 6.61 Å². The van der Waals surface area contributed by atoms with Crippen LogP contribution < -0.4 is 4.74 Å². The summed E-state index contributed by atoms with van der Waals surface area (Å²) in [4.78, 5) is 0. The van der Waals surface area contributed by atoms with E-state index in [1.807, 2.05) is 6.07 Å². The molecule has 1 nitrogen and oxygen atoms in total. The van der Waals surface area contributed by atoms with Crippen molar-refractivity contribution in [3.05, 3.63) is 29.3 Å². The molecule has 0 aliphatic carbocycles. The SMILES string of the molecule is FC(F)(F)CCc1cccc2c1CCCO2. The van der Waals surface area contributed by atoms with Gasteiger partial charge in [-0.2, -0.15) is 13.2 Å². The quantitative estimate of drug-likeness (QED) is 0.755. The molecule has 4 heteroatoms. The molecule has 1 aliphatic rings. The molecule has 1 heterocycles. The fourth-order valence-electron chi connectivity index (χ4n) is 1.97. The number of hydrogen-bond donors (Lipinski definition) is 0. The monoisotopic (exact) mass is 230 g/mol. The third kappa shape index (κ3) is 2.68. The second-order valence-electron chi connectivity index (χ2n) is 3.96. The van der Waals surface area contributed by atoms with E-state index in [0.717, 1.165) is 29.7 Å². The first-order chi connectivity index (χ1) is 7.56. The Hall–Kier alpha value is -1.19. The standard InChI is InChI=1S/C12H13F3O/c13-12(14,15)7-6-9-3-1-5-11-10(9)4-2-8-16-11/h1,3,5H,2,4,6-8H2. The summed E-state index contributed by atoms with van der Waals surface area (Å²) in [5, 5.41) is 0. The van der Waals surface area contributed by atoms with Crippen molar-refractivity contribution in [2.45, 2.75) is 31.9 Å². The summed E-state index contributed by atoms with van der Waals surface area (Å²) in [6.07, 6.45) is -3.09. The summed E-state index contributed by atoms with van der Waals surface area (Å²) in [6, 6.07) is 5.35. The summed E-state index contributed by atoms with van der Waals surface area (Å²) < 4.78 is 41.8. The molecule has 0 N–H and O–H groups in total. The zero-order chi connectivity index (χ0) is 11.6. The Labute approximate surface area is 92.2 Å².